The van der Waals surface area contributed by atoms with Crippen molar-refractivity contribution in [3.05, 3.63) is 265 Å². The van der Waals surface area contributed by atoms with Gasteiger partial charge in [0.05, 0.1) is 16.8 Å². The Morgan fingerprint density at radius 3 is 1.54 bits per heavy atom. The lowest BCUT2D eigenvalue weighted by Crippen LogP contribution is -2.28. The lowest BCUT2D eigenvalue weighted by Gasteiger charge is -2.34. The van der Waals surface area contributed by atoms with E-state index < -0.39 is 5.41 Å². The molecule has 11 aromatic rings. The van der Waals surface area contributed by atoms with Crippen molar-refractivity contribution >= 4 is 21.5 Å². The van der Waals surface area contributed by atoms with Gasteiger partial charge < -0.3 is 0 Å². The molecular weight excluding hydrogens is 761 g/mol. The predicted octanol–water partition coefficient (Wildman–Crippen LogP) is 15.5. The highest BCUT2D eigenvalue weighted by Crippen LogP contribution is 2.58. The number of hydrogen-bond donors (Lipinski definition) is 0. The molecule has 2 heteroatoms. The molecule has 0 saturated carbocycles. The molecule has 0 atom stereocenters. The summed E-state index contributed by atoms with van der Waals surface area (Å²) in [5.41, 5.74) is 17.0. The monoisotopic (exact) mass is 800 g/mol. The Hall–Kier alpha value is -8.20. The Morgan fingerprint density at radius 2 is 0.810 bits per heavy atom. The largest absolute Gasteiger partial charge is 0.228 e. The molecule has 0 fully saturated rings. The minimum Gasteiger partial charge on any atom is -0.228 e. The van der Waals surface area contributed by atoms with Gasteiger partial charge in [0.1, 0.15) is 0 Å². The second-order valence-electron chi connectivity index (χ2n) is 16.4. The molecule has 0 unspecified atom stereocenters. The smallest absolute Gasteiger partial charge is 0.160 e. The van der Waals surface area contributed by atoms with Gasteiger partial charge >= 0.3 is 0 Å². The fraction of sp³-hybridized carbons (Fsp3) is 0.0164. The molecule has 1 aromatic heterocycles. The summed E-state index contributed by atoms with van der Waals surface area (Å²) in [6.45, 7) is 0. The highest BCUT2D eigenvalue weighted by Gasteiger charge is 2.46. The second-order valence-corrected chi connectivity index (χ2v) is 16.4. The number of aromatic nitrogens is 2. The van der Waals surface area contributed by atoms with Crippen LogP contribution in [0.25, 0.3) is 88.8 Å². The highest BCUT2D eigenvalue weighted by molar-refractivity contribution is 6.05. The van der Waals surface area contributed by atoms with Crippen LogP contribution in [0.15, 0.2) is 243 Å². The van der Waals surface area contributed by atoms with Crippen LogP contribution in [0.4, 0.5) is 0 Å². The molecule has 0 bridgehead atoms. The molecule has 0 radical (unpaired) electrons. The van der Waals surface area contributed by atoms with Gasteiger partial charge in [-0.2, -0.15) is 0 Å². The molecule has 1 heterocycles. The molecule has 63 heavy (non-hydrogen) atoms. The lowest BCUT2D eigenvalue weighted by atomic mass is 9.67. The fourth-order valence-corrected chi connectivity index (χ4v) is 10.1. The maximum atomic E-state index is 5.24. The Bertz CT molecular complexity index is 3440. The maximum Gasteiger partial charge on any atom is 0.160 e. The summed E-state index contributed by atoms with van der Waals surface area (Å²) < 4.78 is 0. The van der Waals surface area contributed by atoms with Gasteiger partial charge in [-0.15, -0.1) is 0 Å². The molecule has 12 rings (SSSR count). The highest BCUT2D eigenvalue weighted by atomic mass is 14.9. The van der Waals surface area contributed by atoms with Gasteiger partial charge in [-0.3, -0.25) is 0 Å². The number of nitrogens with zero attached hydrogens (tertiary/aromatic N) is 2. The molecule has 1 aliphatic rings. The fourth-order valence-electron chi connectivity index (χ4n) is 10.1. The summed E-state index contributed by atoms with van der Waals surface area (Å²) in [4.78, 5) is 10.4. The van der Waals surface area contributed by atoms with Crippen molar-refractivity contribution in [3.8, 4) is 67.3 Å². The van der Waals surface area contributed by atoms with Crippen LogP contribution < -0.4 is 0 Å². The Kier molecular flexibility index (Phi) is 8.76. The van der Waals surface area contributed by atoms with E-state index in [9.17, 15) is 0 Å². The Labute approximate surface area is 367 Å². The summed E-state index contributed by atoms with van der Waals surface area (Å²) in [5, 5.41) is 4.72. The summed E-state index contributed by atoms with van der Waals surface area (Å²) in [6, 6.07) is 87.7. The molecule has 0 spiro atoms. The van der Waals surface area contributed by atoms with E-state index in [2.05, 4.69) is 224 Å². The first-order valence-electron chi connectivity index (χ1n) is 21.6. The zero-order chi connectivity index (χ0) is 41.7. The minimum atomic E-state index is -0.438. The number of fused-ring (bicyclic) bond motifs is 5. The van der Waals surface area contributed by atoms with Crippen molar-refractivity contribution < 1.29 is 0 Å². The van der Waals surface area contributed by atoms with E-state index in [-0.39, 0.29) is 0 Å². The van der Waals surface area contributed by atoms with E-state index in [0.29, 0.717) is 5.82 Å². The van der Waals surface area contributed by atoms with Crippen LogP contribution >= 0.6 is 0 Å². The van der Waals surface area contributed by atoms with Crippen LogP contribution in [0, 0.1) is 0 Å². The molecule has 0 saturated heterocycles. The van der Waals surface area contributed by atoms with Crippen molar-refractivity contribution in [1.29, 1.82) is 0 Å². The molecule has 1 aliphatic carbocycles. The van der Waals surface area contributed by atoms with Gasteiger partial charge in [-0.05, 0) is 89.3 Å². The van der Waals surface area contributed by atoms with E-state index in [0.717, 1.165) is 33.5 Å². The lowest BCUT2D eigenvalue weighted by molar-refractivity contribution is 0.768. The van der Waals surface area contributed by atoms with Crippen molar-refractivity contribution in [2.24, 2.45) is 0 Å². The van der Waals surface area contributed by atoms with Crippen LogP contribution in [-0.2, 0) is 5.41 Å². The SMILES string of the molecule is c1ccc(-c2nc(-c3ccc4ccccc4c3)cc(-c3ccc(-c4ccc(-c5cccc6c5-c5ccccc5C6(c5ccccc5)c5ccccc5)cc4)c4ccccc34)n2)cc1. The van der Waals surface area contributed by atoms with Gasteiger partial charge in [-0.1, -0.05) is 231 Å². The zero-order valence-electron chi connectivity index (χ0n) is 34.5. The topological polar surface area (TPSA) is 25.8 Å². The Morgan fingerprint density at radius 1 is 0.286 bits per heavy atom. The first-order valence-corrected chi connectivity index (χ1v) is 21.6. The molecule has 10 aromatic carbocycles. The van der Waals surface area contributed by atoms with E-state index in [1.165, 1.54) is 71.8 Å². The molecule has 294 valence electrons. The third-order valence-electron chi connectivity index (χ3n) is 13.0. The first-order chi connectivity index (χ1) is 31.2. The average molecular weight is 801 g/mol. The summed E-state index contributed by atoms with van der Waals surface area (Å²) >= 11 is 0. The van der Waals surface area contributed by atoms with Crippen LogP contribution in [0.5, 0.6) is 0 Å². The summed E-state index contributed by atoms with van der Waals surface area (Å²) in [7, 11) is 0. The number of rotatable bonds is 7. The second kappa shape index (κ2) is 15.1. The van der Waals surface area contributed by atoms with E-state index >= 15 is 0 Å². The normalized spacial score (nSPS) is 12.6. The van der Waals surface area contributed by atoms with Gasteiger partial charge in [0.15, 0.2) is 5.82 Å². The van der Waals surface area contributed by atoms with E-state index in [1.54, 1.807) is 0 Å². The molecule has 2 nitrogen and oxygen atoms in total. The number of benzene rings is 10. The van der Waals surface area contributed by atoms with Crippen molar-refractivity contribution in [2.45, 2.75) is 5.41 Å². The van der Waals surface area contributed by atoms with E-state index in [4.69, 9.17) is 9.97 Å². The van der Waals surface area contributed by atoms with Crippen LogP contribution in [0.1, 0.15) is 22.3 Å². The van der Waals surface area contributed by atoms with Gasteiger partial charge in [-0.25, -0.2) is 9.97 Å². The summed E-state index contributed by atoms with van der Waals surface area (Å²) in [6.07, 6.45) is 0. The van der Waals surface area contributed by atoms with Crippen LogP contribution in [0.3, 0.4) is 0 Å². The maximum absolute atomic E-state index is 5.24. The van der Waals surface area contributed by atoms with Gasteiger partial charge in [0.25, 0.3) is 0 Å². The molecule has 0 aliphatic heterocycles. The quantitative estimate of drug-likeness (QED) is 0.160. The van der Waals surface area contributed by atoms with Crippen molar-refractivity contribution in [3.63, 3.8) is 0 Å². The van der Waals surface area contributed by atoms with Crippen LogP contribution in [0.2, 0.25) is 0 Å². The third-order valence-corrected chi connectivity index (χ3v) is 13.0. The minimum absolute atomic E-state index is 0.438. The average Bonchev–Trinajstić information content (AvgIpc) is 3.68. The third kappa shape index (κ3) is 6.02. The Balaban J connectivity index is 0.971. The standard InChI is InChI=1S/C61H40N2/c1-4-18-44(19-5-1)60-62-57(46-36-31-41-17-10-11-20-45(41)39-46)40-58(63-60)53-38-37-49(51-25-12-13-26-52(51)53)42-32-34-43(35-33-42)50-28-16-30-56-59(50)54-27-14-15-29-55(54)61(56,47-21-6-2-7-22-47)48-23-8-3-9-24-48/h1-40H. The summed E-state index contributed by atoms with van der Waals surface area (Å²) in [5.74, 6) is 0.708. The van der Waals surface area contributed by atoms with E-state index in [1.807, 2.05) is 18.2 Å². The molecule has 0 N–H and O–H groups in total. The van der Waals surface area contributed by atoms with Crippen molar-refractivity contribution in [2.75, 3.05) is 0 Å². The van der Waals surface area contributed by atoms with Crippen molar-refractivity contribution in [1.82, 2.24) is 9.97 Å². The predicted molar refractivity (Wildman–Crippen MR) is 262 cm³/mol. The van der Waals surface area contributed by atoms with Gasteiger partial charge in [0.2, 0.25) is 0 Å². The van der Waals surface area contributed by atoms with Gasteiger partial charge in [0, 0.05) is 16.7 Å². The first kappa shape index (κ1) is 36.6. The zero-order valence-corrected chi connectivity index (χ0v) is 34.5. The van der Waals surface area contributed by atoms with Crippen LogP contribution in [-0.4, -0.2) is 9.97 Å². The number of hydrogen-bond acceptors (Lipinski definition) is 2. The molecule has 0 amide bonds. The molecular formula is C61H40N2.